The number of nitrogens with two attached hydrogens (primary N) is 2. The summed E-state index contributed by atoms with van der Waals surface area (Å²) in [6.45, 7) is 1.04. The van der Waals surface area contributed by atoms with E-state index in [2.05, 4.69) is 20.7 Å². The Balaban J connectivity index is 1.37. The Bertz CT molecular complexity index is 1230. The number of nitrogens with one attached hydrogen (secondary N) is 2. The molecule has 1 aromatic heterocycles. The molecule has 0 atom stereocenters. The highest BCUT2D eigenvalue weighted by Gasteiger charge is 2.11. The minimum atomic E-state index is -0.238. The van der Waals surface area contributed by atoms with E-state index in [1.807, 2.05) is 60.7 Å². The van der Waals surface area contributed by atoms with Gasteiger partial charge in [-0.2, -0.15) is 0 Å². The second-order valence-corrected chi connectivity index (χ2v) is 7.35. The first-order valence-corrected chi connectivity index (χ1v) is 10.3. The number of amides is 1. The third-order valence-electron chi connectivity index (χ3n) is 4.93. The monoisotopic (exact) mass is 440 g/mol. The van der Waals surface area contributed by atoms with Gasteiger partial charge in [0.25, 0.3) is 5.91 Å². The van der Waals surface area contributed by atoms with Crippen LogP contribution >= 0.6 is 0 Å². The number of hydrogen-bond donors (Lipinski definition) is 4. The van der Waals surface area contributed by atoms with Crippen molar-refractivity contribution >= 4 is 23.1 Å². The van der Waals surface area contributed by atoms with Crippen molar-refractivity contribution < 1.29 is 9.53 Å². The van der Waals surface area contributed by atoms with Gasteiger partial charge in [-0.05, 0) is 35.4 Å². The van der Waals surface area contributed by atoms with E-state index >= 15 is 0 Å². The van der Waals surface area contributed by atoms with Crippen LogP contribution in [-0.2, 0) is 18.0 Å². The quantitative estimate of drug-likeness (QED) is 0.241. The molecule has 0 fully saturated rings. The van der Waals surface area contributed by atoms with Gasteiger partial charge in [-0.15, -0.1) is 0 Å². The molecule has 8 heteroatoms. The van der Waals surface area contributed by atoms with Crippen molar-refractivity contribution in [3.63, 3.8) is 0 Å². The molecule has 0 radical (unpaired) electrons. The standard InChI is InChI=1S/C25H24N6O2/c26-22-14-28-23(30-24(22)31-27)19-7-4-8-20(13-19)25(32)29-21-11-9-18(10-12-21)16-33-15-17-5-2-1-3-6-17/h1-14H,15-16,26-27H2,(H,29,32)(H,28,30,31). The van der Waals surface area contributed by atoms with Crippen LogP contribution < -0.4 is 22.3 Å². The van der Waals surface area contributed by atoms with Crippen LogP contribution in [0.4, 0.5) is 17.2 Å². The van der Waals surface area contributed by atoms with Crippen molar-refractivity contribution in [3.05, 3.63) is 102 Å². The molecule has 166 valence electrons. The summed E-state index contributed by atoms with van der Waals surface area (Å²) in [5.74, 6) is 5.93. The number of carbonyl (C=O) groups excluding carboxylic acids is 1. The summed E-state index contributed by atoms with van der Waals surface area (Å²) >= 11 is 0. The van der Waals surface area contributed by atoms with Crippen LogP contribution in [0.1, 0.15) is 21.5 Å². The Labute approximate surface area is 191 Å². The number of hydrazine groups is 1. The first kappa shape index (κ1) is 21.9. The Morgan fingerprint density at radius 2 is 1.64 bits per heavy atom. The average Bonchev–Trinajstić information content (AvgIpc) is 2.86. The SMILES string of the molecule is NNc1nc(-c2cccc(C(=O)Nc3ccc(COCc4ccccc4)cc3)c2)ncc1N. The van der Waals surface area contributed by atoms with E-state index in [4.69, 9.17) is 16.3 Å². The van der Waals surface area contributed by atoms with Crippen molar-refractivity contribution in [1.29, 1.82) is 0 Å². The molecule has 4 aromatic rings. The van der Waals surface area contributed by atoms with Crippen molar-refractivity contribution in [3.8, 4) is 11.4 Å². The molecule has 1 amide bonds. The van der Waals surface area contributed by atoms with Gasteiger partial charge >= 0.3 is 0 Å². The van der Waals surface area contributed by atoms with Gasteiger partial charge in [-0.3, -0.25) is 4.79 Å². The van der Waals surface area contributed by atoms with Gasteiger partial charge in [0.05, 0.1) is 25.1 Å². The minimum Gasteiger partial charge on any atom is -0.394 e. The van der Waals surface area contributed by atoms with Crippen LogP contribution in [0, 0.1) is 0 Å². The molecule has 0 unspecified atom stereocenters. The molecule has 0 bridgehead atoms. The third kappa shape index (κ3) is 5.70. The summed E-state index contributed by atoms with van der Waals surface area (Å²) in [6.07, 6.45) is 1.47. The number of benzene rings is 3. The molecule has 0 aliphatic heterocycles. The topological polar surface area (TPSA) is 128 Å². The Morgan fingerprint density at radius 1 is 0.909 bits per heavy atom. The van der Waals surface area contributed by atoms with E-state index in [-0.39, 0.29) is 5.91 Å². The summed E-state index contributed by atoms with van der Waals surface area (Å²) in [6, 6.07) is 24.6. The summed E-state index contributed by atoms with van der Waals surface area (Å²) in [5.41, 5.74) is 12.5. The van der Waals surface area contributed by atoms with Gasteiger partial charge in [-0.1, -0.05) is 54.6 Å². The molecule has 0 spiro atoms. The third-order valence-corrected chi connectivity index (χ3v) is 4.93. The normalized spacial score (nSPS) is 10.6. The predicted molar refractivity (Wildman–Crippen MR) is 129 cm³/mol. The van der Waals surface area contributed by atoms with Crippen molar-refractivity contribution in [2.75, 3.05) is 16.5 Å². The molecular formula is C25H24N6O2. The minimum absolute atomic E-state index is 0.238. The molecule has 0 aliphatic carbocycles. The van der Waals surface area contributed by atoms with E-state index in [1.54, 1.807) is 18.2 Å². The second-order valence-electron chi connectivity index (χ2n) is 7.35. The van der Waals surface area contributed by atoms with Gasteiger partial charge in [0.2, 0.25) is 0 Å². The van der Waals surface area contributed by atoms with Crippen LogP contribution in [0.15, 0.2) is 85.1 Å². The van der Waals surface area contributed by atoms with Gasteiger partial charge in [0.15, 0.2) is 11.6 Å². The van der Waals surface area contributed by atoms with Crippen LogP contribution in [-0.4, -0.2) is 15.9 Å². The van der Waals surface area contributed by atoms with Gasteiger partial charge in [0.1, 0.15) is 0 Å². The zero-order valence-corrected chi connectivity index (χ0v) is 17.9. The molecule has 1 heterocycles. The Morgan fingerprint density at radius 3 is 2.36 bits per heavy atom. The van der Waals surface area contributed by atoms with E-state index in [0.29, 0.717) is 47.4 Å². The molecule has 3 aromatic carbocycles. The van der Waals surface area contributed by atoms with Gasteiger partial charge in [-0.25, -0.2) is 15.8 Å². The molecular weight excluding hydrogens is 416 g/mol. The summed E-state index contributed by atoms with van der Waals surface area (Å²) in [5, 5.41) is 2.90. The Kier molecular flexibility index (Phi) is 6.89. The van der Waals surface area contributed by atoms with Crippen LogP contribution in [0.5, 0.6) is 0 Å². The zero-order valence-electron chi connectivity index (χ0n) is 17.9. The number of ether oxygens (including phenoxy) is 1. The van der Waals surface area contributed by atoms with Crippen LogP contribution in [0.3, 0.4) is 0 Å². The highest BCUT2D eigenvalue weighted by molar-refractivity contribution is 6.04. The molecule has 4 rings (SSSR count). The fourth-order valence-corrected chi connectivity index (χ4v) is 3.19. The largest absolute Gasteiger partial charge is 0.394 e. The first-order valence-electron chi connectivity index (χ1n) is 10.3. The number of aromatic nitrogens is 2. The highest BCUT2D eigenvalue weighted by atomic mass is 16.5. The number of nitrogens with zero attached hydrogens (tertiary/aromatic N) is 2. The molecule has 33 heavy (non-hydrogen) atoms. The van der Waals surface area contributed by atoms with E-state index < -0.39 is 0 Å². The average molecular weight is 441 g/mol. The highest BCUT2D eigenvalue weighted by Crippen LogP contribution is 2.21. The summed E-state index contributed by atoms with van der Waals surface area (Å²) < 4.78 is 5.76. The van der Waals surface area contributed by atoms with E-state index in [9.17, 15) is 4.79 Å². The zero-order chi connectivity index (χ0) is 23.0. The first-order chi connectivity index (χ1) is 16.1. The van der Waals surface area contributed by atoms with Gasteiger partial charge in [0, 0.05) is 16.8 Å². The van der Waals surface area contributed by atoms with Crippen LogP contribution in [0.2, 0.25) is 0 Å². The van der Waals surface area contributed by atoms with Crippen molar-refractivity contribution in [2.45, 2.75) is 13.2 Å². The fraction of sp³-hybridized carbons (Fsp3) is 0.0800. The number of anilines is 3. The number of nitrogen functional groups attached to an aromatic ring is 2. The molecule has 8 nitrogen and oxygen atoms in total. The molecule has 0 saturated carbocycles. The Hall–Kier alpha value is -4.27. The maximum atomic E-state index is 12.8. The summed E-state index contributed by atoms with van der Waals surface area (Å²) in [4.78, 5) is 21.3. The second kappa shape index (κ2) is 10.4. The lowest BCUT2D eigenvalue weighted by Crippen LogP contribution is -2.13. The smallest absolute Gasteiger partial charge is 0.255 e. The lowest BCUT2D eigenvalue weighted by atomic mass is 10.1. The maximum absolute atomic E-state index is 12.8. The van der Waals surface area contributed by atoms with E-state index in [1.165, 1.54) is 6.20 Å². The van der Waals surface area contributed by atoms with Gasteiger partial charge < -0.3 is 21.2 Å². The molecule has 6 N–H and O–H groups in total. The van der Waals surface area contributed by atoms with Crippen molar-refractivity contribution in [2.24, 2.45) is 5.84 Å². The number of hydrogen-bond acceptors (Lipinski definition) is 7. The number of rotatable bonds is 8. The number of carbonyl (C=O) groups is 1. The van der Waals surface area contributed by atoms with Crippen LogP contribution in [0.25, 0.3) is 11.4 Å². The lowest BCUT2D eigenvalue weighted by Gasteiger charge is -2.09. The molecule has 0 aliphatic rings. The maximum Gasteiger partial charge on any atom is 0.255 e. The lowest BCUT2D eigenvalue weighted by molar-refractivity contribution is 0.102. The fourth-order valence-electron chi connectivity index (χ4n) is 3.19. The van der Waals surface area contributed by atoms with Crippen molar-refractivity contribution in [1.82, 2.24) is 9.97 Å². The van der Waals surface area contributed by atoms with E-state index in [0.717, 1.165) is 11.1 Å². The molecule has 0 saturated heterocycles. The predicted octanol–water partition coefficient (Wildman–Crippen LogP) is 3.98. The summed E-state index contributed by atoms with van der Waals surface area (Å²) in [7, 11) is 0.